The van der Waals surface area contributed by atoms with Crippen molar-refractivity contribution >= 4 is 17.3 Å². The molecule has 0 saturated carbocycles. The van der Waals surface area contributed by atoms with E-state index in [0.29, 0.717) is 5.56 Å². The van der Waals surface area contributed by atoms with Gasteiger partial charge in [-0.1, -0.05) is 13.3 Å². The smallest absolute Gasteiger partial charge is 0.336 e. The highest BCUT2D eigenvalue weighted by Gasteiger charge is 2.16. The number of carboxylic acid groups (broad SMARTS) is 1. The van der Waals surface area contributed by atoms with Crippen molar-refractivity contribution in [2.45, 2.75) is 45.7 Å². The van der Waals surface area contributed by atoms with E-state index >= 15 is 0 Å². The fourth-order valence-electron chi connectivity index (χ4n) is 1.63. The highest BCUT2D eigenvalue weighted by Crippen LogP contribution is 2.17. The molecular formula is C12H19NO2S. The molecule has 0 unspecified atom stereocenters. The maximum absolute atomic E-state index is 10.7. The standard InChI is InChI=1S/C12H19NO2S/c1-4-5-12(2,3)13-7-10-6-9(8-16-10)11(14)15/h6,8,13H,4-5,7H2,1-3H3,(H,14,15). The third kappa shape index (κ3) is 3.94. The van der Waals surface area contributed by atoms with E-state index in [-0.39, 0.29) is 5.54 Å². The Hall–Kier alpha value is -0.870. The molecule has 2 N–H and O–H groups in total. The molecule has 1 rings (SSSR count). The fraction of sp³-hybridized carbons (Fsp3) is 0.583. The molecule has 0 aliphatic rings. The number of carbonyl (C=O) groups is 1. The molecule has 0 spiro atoms. The van der Waals surface area contributed by atoms with E-state index in [2.05, 4.69) is 26.1 Å². The zero-order chi connectivity index (χ0) is 12.2. The highest BCUT2D eigenvalue weighted by atomic mass is 32.1. The zero-order valence-electron chi connectivity index (χ0n) is 10.0. The summed E-state index contributed by atoms with van der Waals surface area (Å²) in [6.07, 6.45) is 2.26. The van der Waals surface area contributed by atoms with Gasteiger partial charge in [0, 0.05) is 22.3 Å². The maximum atomic E-state index is 10.7. The molecule has 3 nitrogen and oxygen atoms in total. The van der Waals surface area contributed by atoms with E-state index in [1.54, 1.807) is 11.4 Å². The molecule has 0 aliphatic carbocycles. The number of rotatable bonds is 6. The van der Waals surface area contributed by atoms with E-state index in [1.807, 2.05) is 0 Å². The molecule has 16 heavy (non-hydrogen) atoms. The predicted molar refractivity (Wildman–Crippen MR) is 67.1 cm³/mol. The largest absolute Gasteiger partial charge is 0.478 e. The molecule has 0 saturated heterocycles. The molecule has 0 aliphatic heterocycles. The van der Waals surface area contributed by atoms with Crippen molar-refractivity contribution in [2.75, 3.05) is 0 Å². The molecule has 0 fully saturated rings. The summed E-state index contributed by atoms with van der Waals surface area (Å²) in [5, 5.41) is 13.9. The van der Waals surface area contributed by atoms with E-state index in [4.69, 9.17) is 5.11 Å². The first kappa shape index (κ1) is 13.2. The minimum Gasteiger partial charge on any atom is -0.478 e. The van der Waals surface area contributed by atoms with Crippen LogP contribution in [-0.2, 0) is 6.54 Å². The lowest BCUT2D eigenvalue weighted by molar-refractivity contribution is 0.0697. The first-order valence-electron chi connectivity index (χ1n) is 5.50. The van der Waals surface area contributed by atoms with E-state index in [1.165, 1.54) is 11.3 Å². The van der Waals surface area contributed by atoms with Gasteiger partial charge in [0.1, 0.15) is 0 Å². The molecular weight excluding hydrogens is 222 g/mol. The Balaban J connectivity index is 2.51. The Bertz CT molecular complexity index is 358. The molecule has 0 amide bonds. The number of thiophene rings is 1. The van der Waals surface area contributed by atoms with Gasteiger partial charge >= 0.3 is 5.97 Å². The minimum absolute atomic E-state index is 0.113. The van der Waals surface area contributed by atoms with Gasteiger partial charge in [-0.2, -0.15) is 0 Å². The Morgan fingerprint density at radius 1 is 1.56 bits per heavy atom. The second-order valence-electron chi connectivity index (χ2n) is 4.59. The number of carboxylic acids is 1. The molecule has 1 aromatic heterocycles. The Morgan fingerprint density at radius 3 is 2.75 bits per heavy atom. The average Bonchev–Trinajstić information content (AvgIpc) is 2.63. The zero-order valence-corrected chi connectivity index (χ0v) is 10.9. The number of hydrogen-bond donors (Lipinski definition) is 2. The number of aromatic carboxylic acids is 1. The van der Waals surface area contributed by atoms with Crippen LogP contribution in [0.4, 0.5) is 0 Å². The Morgan fingerprint density at radius 2 is 2.25 bits per heavy atom. The van der Waals surface area contributed by atoms with Crippen LogP contribution < -0.4 is 5.32 Å². The van der Waals surface area contributed by atoms with Crippen LogP contribution in [0, 0.1) is 0 Å². The summed E-state index contributed by atoms with van der Waals surface area (Å²) in [5.41, 5.74) is 0.498. The van der Waals surface area contributed by atoms with Gasteiger partial charge in [-0.15, -0.1) is 11.3 Å². The van der Waals surface area contributed by atoms with Crippen molar-refractivity contribution in [2.24, 2.45) is 0 Å². The molecule has 0 bridgehead atoms. The van der Waals surface area contributed by atoms with E-state index in [9.17, 15) is 4.79 Å². The van der Waals surface area contributed by atoms with Crippen molar-refractivity contribution in [3.8, 4) is 0 Å². The third-order valence-electron chi connectivity index (χ3n) is 2.52. The van der Waals surface area contributed by atoms with Gasteiger partial charge in [0.15, 0.2) is 0 Å². The van der Waals surface area contributed by atoms with Gasteiger partial charge in [0.25, 0.3) is 0 Å². The van der Waals surface area contributed by atoms with Crippen molar-refractivity contribution in [1.29, 1.82) is 0 Å². The van der Waals surface area contributed by atoms with Gasteiger partial charge in [-0.3, -0.25) is 0 Å². The van der Waals surface area contributed by atoms with Crippen LogP contribution in [0.1, 0.15) is 48.8 Å². The second kappa shape index (κ2) is 5.46. The van der Waals surface area contributed by atoms with Crippen LogP contribution in [0.15, 0.2) is 11.4 Å². The average molecular weight is 241 g/mol. The van der Waals surface area contributed by atoms with Gasteiger partial charge in [-0.25, -0.2) is 4.79 Å². The highest BCUT2D eigenvalue weighted by molar-refractivity contribution is 7.10. The molecule has 90 valence electrons. The molecule has 1 heterocycles. The minimum atomic E-state index is -0.852. The second-order valence-corrected chi connectivity index (χ2v) is 5.59. The van der Waals surface area contributed by atoms with Gasteiger partial charge in [0.05, 0.1) is 5.56 Å². The SMILES string of the molecule is CCCC(C)(C)NCc1cc(C(=O)O)cs1. The van der Waals surface area contributed by atoms with E-state index in [0.717, 1.165) is 24.3 Å². The summed E-state index contributed by atoms with van der Waals surface area (Å²) in [6, 6.07) is 1.74. The molecule has 0 radical (unpaired) electrons. The molecule has 0 aromatic carbocycles. The summed E-state index contributed by atoms with van der Waals surface area (Å²) >= 11 is 1.49. The Labute approximate surface area is 100 Å². The summed E-state index contributed by atoms with van der Waals surface area (Å²) in [5.74, 6) is -0.852. The first-order chi connectivity index (χ1) is 7.44. The summed E-state index contributed by atoms with van der Waals surface area (Å²) in [7, 11) is 0. The number of hydrogen-bond acceptors (Lipinski definition) is 3. The number of nitrogens with one attached hydrogen (secondary N) is 1. The summed E-state index contributed by atoms with van der Waals surface area (Å²) in [6.45, 7) is 7.24. The molecule has 0 atom stereocenters. The lowest BCUT2D eigenvalue weighted by atomic mass is 9.99. The topological polar surface area (TPSA) is 49.3 Å². The van der Waals surface area contributed by atoms with Crippen LogP contribution in [-0.4, -0.2) is 16.6 Å². The summed E-state index contributed by atoms with van der Waals surface area (Å²) in [4.78, 5) is 11.8. The lowest BCUT2D eigenvalue weighted by Crippen LogP contribution is -2.38. The van der Waals surface area contributed by atoms with E-state index < -0.39 is 5.97 Å². The maximum Gasteiger partial charge on any atom is 0.336 e. The third-order valence-corrected chi connectivity index (χ3v) is 3.45. The van der Waals surface area contributed by atoms with Crippen molar-refractivity contribution in [3.63, 3.8) is 0 Å². The van der Waals surface area contributed by atoms with Gasteiger partial charge < -0.3 is 10.4 Å². The predicted octanol–water partition coefficient (Wildman–Crippen LogP) is 3.11. The van der Waals surface area contributed by atoms with Crippen LogP contribution in [0.25, 0.3) is 0 Å². The monoisotopic (exact) mass is 241 g/mol. The van der Waals surface area contributed by atoms with Crippen LogP contribution in [0.3, 0.4) is 0 Å². The fourth-order valence-corrected chi connectivity index (χ4v) is 2.42. The van der Waals surface area contributed by atoms with Crippen molar-refractivity contribution < 1.29 is 9.90 Å². The van der Waals surface area contributed by atoms with Crippen LogP contribution >= 0.6 is 11.3 Å². The Kier molecular flexibility index (Phi) is 4.50. The van der Waals surface area contributed by atoms with Crippen LogP contribution in [0.2, 0.25) is 0 Å². The van der Waals surface area contributed by atoms with Crippen LogP contribution in [0.5, 0.6) is 0 Å². The van der Waals surface area contributed by atoms with Gasteiger partial charge in [0.2, 0.25) is 0 Å². The lowest BCUT2D eigenvalue weighted by Gasteiger charge is -2.25. The normalized spacial score (nSPS) is 11.7. The first-order valence-corrected chi connectivity index (χ1v) is 6.38. The molecule has 1 aromatic rings. The quantitative estimate of drug-likeness (QED) is 0.804. The van der Waals surface area contributed by atoms with Crippen molar-refractivity contribution in [3.05, 3.63) is 21.9 Å². The van der Waals surface area contributed by atoms with Crippen molar-refractivity contribution in [1.82, 2.24) is 5.32 Å². The summed E-state index contributed by atoms with van der Waals surface area (Å²) < 4.78 is 0. The van der Waals surface area contributed by atoms with Gasteiger partial charge in [-0.05, 0) is 26.3 Å². The molecule has 4 heteroatoms.